The van der Waals surface area contributed by atoms with Crippen LogP contribution in [0.5, 0.6) is 0 Å². The molecule has 1 aliphatic heterocycles. The maximum atomic E-state index is 12.3. The van der Waals surface area contributed by atoms with E-state index in [0.717, 1.165) is 40.0 Å². The number of rotatable bonds is 4. The molecule has 0 saturated carbocycles. The van der Waals surface area contributed by atoms with Gasteiger partial charge in [0.25, 0.3) is 0 Å². The van der Waals surface area contributed by atoms with Crippen LogP contribution in [0.1, 0.15) is 5.56 Å². The fourth-order valence-electron chi connectivity index (χ4n) is 2.68. The van der Waals surface area contributed by atoms with E-state index in [0.29, 0.717) is 0 Å². The van der Waals surface area contributed by atoms with Gasteiger partial charge in [0.05, 0.1) is 11.4 Å². The molecule has 2 aromatic heterocycles. The highest BCUT2D eigenvalue weighted by Crippen LogP contribution is 2.32. The van der Waals surface area contributed by atoms with Crippen LogP contribution in [-0.4, -0.2) is 26.2 Å². The third kappa shape index (κ3) is 3.49. The number of hydrogen-bond acceptors (Lipinski definition) is 4. The lowest BCUT2D eigenvalue weighted by molar-refractivity contribution is -0.111. The van der Waals surface area contributed by atoms with Crippen molar-refractivity contribution in [1.29, 1.82) is 0 Å². The van der Waals surface area contributed by atoms with Crippen LogP contribution in [0.15, 0.2) is 66.2 Å². The second kappa shape index (κ2) is 6.94. The first-order valence-corrected chi connectivity index (χ1v) is 8.96. The summed E-state index contributed by atoms with van der Waals surface area (Å²) in [5.41, 5.74) is 3.45. The molecule has 0 aliphatic carbocycles. The Balaban J connectivity index is 1.54. The Bertz CT molecular complexity index is 912. The molecular formula is C19H16N4OS. The minimum Gasteiger partial charge on any atom is -0.325 e. The number of carbonyl (C=O) groups is 1. The molecule has 0 fully saturated rings. The molecule has 3 heterocycles. The lowest BCUT2D eigenvalue weighted by Gasteiger charge is -2.08. The fourth-order valence-corrected chi connectivity index (χ4v) is 3.62. The number of fused-ring (bicyclic) bond motifs is 1. The Morgan fingerprint density at radius 1 is 1.24 bits per heavy atom. The zero-order valence-electron chi connectivity index (χ0n) is 13.4. The molecule has 3 aromatic rings. The van der Waals surface area contributed by atoms with Crippen molar-refractivity contribution in [2.24, 2.45) is 0 Å². The summed E-state index contributed by atoms with van der Waals surface area (Å²) in [4.78, 5) is 21.0. The Morgan fingerprint density at radius 2 is 2.16 bits per heavy atom. The SMILES string of the molecule is O=C(/C=C/c1cccnc1)Nc1ccccc1-c1cn2c(n1)SCC2. The van der Waals surface area contributed by atoms with Gasteiger partial charge in [-0.2, -0.15) is 0 Å². The van der Waals surface area contributed by atoms with Crippen LogP contribution >= 0.6 is 11.8 Å². The molecule has 1 aromatic carbocycles. The molecule has 0 bridgehead atoms. The van der Waals surface area contributed by atoms with E-state index in [2.05, 4.69) is 19.9 Å². The maximum absolute atomic E-state index is 12.3. The fraction of sp³-hybridized carbons (Fsp3) is 0.105. The predicted octanol–water partition coefficient (Wildman–Crippen LogP) is 3.70. The van der Waals surface area contributed by atoms with Crippen LogP contribution in [0.25, 0.3) is 17.3 Å². The van der Waals surface area contributed by atoms with Gasteiger partial charge in [-0.1, -0.05) is 36.0 Å². The summed E-state index contributed by atoms with van der Waals surface area (Å²) < 4.78 is 2.15. The van der Waals surface area contributed by atoms with Crippen molar-refractivity contribution in [2.45, 2.75) is 11.7 Å². The minimum atomic E-state index is -0.183. The van der Waals surface area contributed by atoms with Crippen molar-refractivity contribution in [3.63, 3.8) is 0 Å². The number of benzene rings is 1. The number of amides is 1. The van der Waals surface area contributed by atoms with Gasteiger partial charge in [0.2, 0.25) is 5.91 Å². The van der Waals surface area contributed by atoms with E-state index >= 15 is 0 Å². The number of imidazole rings is 1. The number of aryl methyl sites for hydroxylation is 1. The number of nitrogens with one attached hydrogen (secondary N) is 1. The van der Waals surface area contributed by atoms with Crippen molar-refractivity contribution in [1.82, 2.24) is 14.5 Å². The molecule has 1 amide bonds. The van der Waals surface area contributed by atoms with E-state index in [1.165, 1.54) is 6.08 Å². The summed E-state index contributed by atoms with van der Waals surface area (Å²) in [6.07, 6.45) is 8.71. The van der Waals surface area contributed by atoms with Gasteiger partial charge in [0, 0.05) is 42.5 Å². The van der Waals surface area contributed by atoms with Gasteiger partial charge >= 0.3 is 0 Å². The standard InChI is InChI=1S/C19H16N4OS/c24-18(8-7-14-4-3-9-20-12-14)21-16-6-2-1-5-15(16)17-13-23-10-11-25-19(23)22-17/h1-9,12-13H,10-11H2,(H,21,24)/b8-7+. The highest BCUT2D eigenvalue weighted by atomic mass is 32.2. The minimum absolute atomic E-state index is 0.183. The molecule has 0 spiro atoms. The van der Waals surface area contributed by atoms with Crippen LogP contribution in [-0.2, 0) is 11.3 Å². The third-order valence-corrected chi connectivity index (χ3v) is 4.85. The number of anilines is 1. The molecule has 0 radical (unpaired) electrons. The second-order valence-corrected chi connectivity index (χ2v) is 6.67. The molecule has 0 atom stereocenters. The van der Waals surface area contributed by atoms with Gasteiger partial charge < -0.3 is 9.88 Å². The van der Waals surface area contributed by atoms with Crippen LogP contribution < -0.4 is 5.32 Å². The van der Waals surface area contributed by atoms with E-state index in [-0.39, 0.29) is 5.91 Å². The first-order valence-electron chi connectivity index (χ1n) is 7.98. The smallest absolute Gasteiger partial charge is 0.248 e. The Hall–Kier alpha value is -2.86. The summed E-state index contributed by atoms with van der Waals surface area (Å²) in [6, 6.07) is 11.5. The quantitative estimate of drug-likeness (QED) is 0.730. The zero-order valence-corrected chi connectivity index (χ0v) is 14.2. The topological polar surface area (TPSA) is 59.8 Å². The average molecular weight is 348 g/mol. The van der Waals surface area contributed by atoms with E-state index < -0.39 is 0 Å². The lowest BCUT2D eigenvalue weighted by atomic mass is 10.1. The Labute approximate surface area is 149 Å². The third-order valence-electron chi connectivity index (χ3n) is 3.88. The molecular weight excluding hydrogens is 332 g/mol. The highest BCUT2D eigenvalue weighted by Gasteiger charge is 2.17. The van der Waals surface area contributed by atoms with Crippen LogP contribution in [0.2, 0.25) is 0 Å². The first-order chi connectivity index (χ1) is 12.3. The van der Waals surface area contributed by atoms with Crippen LogP contribution in [0.3, 0.4) is 0 Å². The van der Waals surface area contributed by atoms with Gasteiger partial charge in [-0.3, -0.25) is 9.78 Å². The van der Waals surface area contributed by atoms with Crippen LogP contribution in [0, 0.1) is 0 Å². The monoisotopic (exact) mass is 348 g/mol. The number of aromatic nitrogens is 3. The maximum Gasteiger partial charge on any atom is 0.248 e. The number of carbonyl (C=O) groups excluding carboxylic acids is 1. The van der Waals surface area contributed by atoms with Crippen molar-refractivity contribution in [3.8, 4) is 11.3 Å². The largest absolute Gasteiger partial charge is 0.325 e. The molecule has 0 saturated heterocycles. The second-order valence-electron chi connectivity index (χ2n) is 5.61. The Kier molecular flexibility index (Phi) is 4.35. The molecule has 6 heteroatoms. The number of hydrogen-bond donors (Lipinski definition) is 1. The zero-order chi connectivity index (χ0) is 17.1. The van der Waals surface area contributed by atoms with Gasteiger partial charge in [-0.15, -0.1) is 0 Å². The molecule has 0 unspecified atom stereocenters. The van der Waals surface area contributed by atoms with Crippen molar-refractivity contribution < 1.29 is 4.79 Å². The summed E-state index contributed by atoms with van der Waals surface area (Å²) in [5.74, 6) is 0.887. The lowest BCUT2D eigenvalue weighted by Crippen LogP contribution is -2.08. The van der Waals surface area contributed by atoms with Crippen molar-refractivity contribution >= 4 is 29.4 Å². The van der Waals surface area contributed by atoms with E-state index in [1.54, 1.807) is 30.2 Å². The van der Waals surface area contributed by atoms with Gasteiger partial charge in [0.1, 0.15) is 0 Å². The van der Waals surface area contributed by atoms with Crippen LogP contribution in [0.4, 0.5) is 5.69 Å². The normalized spacial score (nSPS) is 13.1. The summed E-state index contributed by atoms with van der Waals surface area (Å²) in [6.45, 7) is 0.982. The Morgan fingerprint density at radius 3 is 3.00 bits per heavy atom. The summed E-state index contributed by atoms with van der Waals surface area (Å²) >= 11 is 1.76. The van der Waals surface area contributed by atoms with Crippen molar-refractivity contribution in [2.75, 3.05) is 11.1 Å². The van der Waals surface area contributed by atoms with Gasteiger partial charge in [-0.05, 0) is 23.8 Å². The predicted molar refractivity (Wildman–Crippen MR) is 100 cm³/mol. The average Bonchev–Trinajstić information content (AvgIpc) is 3.23. The molecule has 4 rings (SSSR count). The van der Waals surface area contributed by atoms with Crippen molar-refractivity contribution in [3.05, 3.63) is 66.6 Å². The molecule has 1 aliphatic rings. The first kappa shape index (κ1) is 15.7. The van der Waals surface area contributed by atoms with E-state index in [4.69, 9.17) is 0 Å². The number of thioether (sulfide) groups is 1. The molecule has 124 valence electrons. The number of para-hydroxylation sites is 1. The van der Waals surface area contributed by atoms with E-state index in [9.17, 15) is 4.79 Å². The molecule has 5 nitrogen and oxygen atoms in total. The summed E-state index contributed by atoms with van der Waals surface area (Å²) in [5, 5.41) is 3.98. The number of nitrogens with zero attached hydrogens (tertiary/aromatic N) is 3. The highest BCUT2D eigenvalue weighted by molar-refractivity contribution is 7.99. The van der Waals surface area contributed by atoms with Gasteiger partial charge in [-0.25, -0.2) is 4.98 Å². The molecule has 25 heavy (non-hydrogen) atoms. The number of pyridine rings is 1. The molecule has 1 N–H and O–H groups in total. The summed E-state index contributed by atoms with van der Waals surface area (Å²) in [7, 11) is 0. The van der Waals surface area contributed by atoms with E-state index in [1.807, 2.05) is 42.6 Å². The van der Waals surface area contributed by atoms with Gasteiger partial charge in [0.15, 0.2) is 5.16 Å².